The molecule has 0 aliphatic carbocycles. The maximum atomic E-state index is 11.2. The Kier molecular flexibility index (Phi) is 5.40. The third-order valence-electron chi connectivity index (χ3n) is 3.95. The van der Waals surface area contributed by atoms with Gasteiger partial charge in [-0.25, -0.2) is 0 Å². The number of carbonyl (C=O) groups excluding carboxylic acids is 1. The third-order valence-corrected chi connectivity index (χ3v) is 3.95. The van der Waals surface area contributed by atoms with Crippen LogP contribution < -0.4 is 11.5 Å². The van der Waals surface area contributed by atoms with Crippen molar-refractivity contribution in [2.24, 2.45) is 11.5 Å². The standard InChI is InChI=1S/C13H27N3O/c1-3-11-7-5-4-6-9-16(11)10-8-13(2,15)12(14)17/h11H,3-10,15H2,1-2H3,(H2,14,17). The highest BCUT2D eigenvalue weighted by molar-refractivity contribution is 5.83. The molecule has 2 atom stereocenters. The van der Waals surface area contributed by atoms with Gasteiger partial charge in [0.2, 0.25) is 5.91 Å². The molecule has 1 aliphatic heterocycles. The van der Waals surface area contributed by atoms with Crippen molar-refractivity contribution in [2.45, 2.75) is 64.0 Å². The molecule has 1 heterocycles. The highest BCUT2D eigenvalue weighted by Crippen LogP contribution is 2.20. The molecule has 0 aromatic carbocycles. The van der Waals surface area contributed by atoms with Crippen LogP contribution >= 0.6 is 0 Å². The summed E-state index contributed by atoms with van der Waals surface area (Å²) in [7, 11) is 0. The van der Waals surface area contributed by atoms with Crippen molar-refractivity contribution >= 4 is 5.91 Å². The molecule has 0 aromatic rings. The number of nitrogens with zero attached hydrogens (tertiary/aromatic N) is 1. The van der Waals surface area contributed by atoms with Gasteiger partial charge in [-0.05, 0) is 39.2 Å². The highest BCUT2D eigenvalue weighted by Gasteiger charge is 2.28. The van der Waals surface area contributed by atoms with E-state index in [1.165, 1.54) is 32.1 Å². The number of nitrogens with two attached hydrogens (primary N) is 2. The van der Waals surface area contributed by atoms with Crippen LogP contribution in [0.3, 0.4) is 0 Å². The summed E-state index contributed by atoms with van der Waals surface area (Å²) in [6.45, 7) is 5.98. The Labute approximate surface area is 105 Å². The lowest BCUT2D eigenvalue weighted by Gasteiger charge is -2.31. The number of amides is 1. The minimum Gasteiger partial charge on any atom is -0.368 e. The monoisotopic (exact) mass is 241 g/mol. The fourth-order valence-electron chi connectivity index (χ4n) is 2.49. The average Bonchev–Trinajstić information content (AvgIpc) is 2.50. The summed E-state index contributed by atoms with van der Waals surface area (Å²) in [5.41, 5.74) is 10.3. The molecule has 0 bridgehead atoms. The Bertz CT molecular complexity index is 253. The number of likely N-dealkylation sites (tertiary alicyclic amines) is 1. The largest absolute Gasteiger partial charge is 0.368 e. The summed E-state index contributed by atoms with van der Waals surface area (Å²) in [5, 5.41) is 0. The molecular weight excluding hydrogens is 214 g/mol. The number of hydrogen-bond acceptors (Lipinski definition) is 3. The van der Waals surface area contributed by atoms with Crippen molar-refractivity contribution in [1.29, 1.82) is 0 Å². The van der Waals surface area contributed by atoms with Crippen LogP contribution in [0.15, 0.2) is 0 Å². The van der Waals surface area contributed by atoms with Crippen LogP contribution in [-0.4, -0.2) is 35.5 Å². The molecule has 4 nitrogen and oxygen atoms in total. The summed E-state index contributed by atoms with van der Waals surface area (Å²) in [4.78, 5) is 13.7. The molecule has 4 heteroatoms. The van der Waals surface area contributed by atoms with Gasteiger partial charge in [0.05, 0.1) is 5.54 Å². The van der Waals surface area contributed by atoms with E-state index in [-0.39, 0.29) is 0 Å². The van der Waals surface area contributed by atoms with Gasteiger partial charge in [0.1, 0.15) is 0 Å². The molecule has 0 spiro atoms. The van der Waals surface area contributed by atoms with E-state index >= 15 is 0 Å². The van der Waals surface area contributed by atoms with Crippen LogP contribution in [0.1, 0.15) is 52.4 Å². The number of hydrogen-bond donors (Lipinski definition) is 2. The summed E-state index contributed by atoms with van der Waals surface area (Å²) in [5.74, 6) is -0.402. The molecule has 100 valence electrons. The zero-order valence-corrected chi connectivity index (χ0v) is 11.2. The second-order valence-corrected chi connectivity index (χ2v) is 5.48. The Morgan fingerprint density at radius 3 is 2.71 bits per heavy atom. The van der Waals surface area contributed by atoms with Crippen molar-refractivity contribution < 1.29 is 4.79 Å². The number of rotatable bonds is 5. The van der Waals surface area contributed by atoms with E-state index in [9.17, 15) is 4.79 Å². The number of primary amides is 1. The van der Waals surface area contributed by atoms with Crippen molar-refractivity contribution in [3.05, 3.63) is 0 Å². The molecule has 1 saturated heterocycles. The van der Waals surface area contributed by atoms with Crippen LogP contribution in [0.5, 0.6) is 0 Å². The molecule has 0 radical (unpaired) electrons. The maximum absolute atomic E-state index is 11.2. The van der Waals surface area contributed by atoms with Crippen molar-refractivity contribution in [1.82, 2.24) is 4.90 Å². The Morgan fingerprint density at radius 2 is 2.12 bits per heavy atom. The van der Waals surface area contributed by atoms with Crippen molar-refractivity contribution in [2.75, 3.05) is 13.1 Å². The zero-order valence-electron chi connectivity index (χ0n) is 11.2. The first kappa shape index (κ1) is 14.5. The van der Waals surface area contributed by atoms with Gasteiger partial charge in [0, 0.05) is 12.6 Å². The summed E-state index contributed by atoms with van der Waals surface area (Å²) in [6.07, 6.45) is 7.01. The summed E-state index contributed by atoms with van der Waals surface area (Å²) in [6, 6.07) is 0.654. The van der Waals surface area contributed by atoms with E-state index in [0.29, 0.717) is 12.5 Å². The van der Waals surface area contributed by atoms with Crippen molar-refractivity contribution in [3.8, 4) is 0 Å². The second-order valence-electron chi connectivity index (χ2n) is 5.48. The lowest BCUT2D eigenvalue weighted by molar-refractivity contribution is -0.122. The SMILES string of the molecule is CCC1CCCCCN1CCC(C)(N)C(N)=O. The molecule has 1 rings (SSSR count). The van der Waals surface area contributed by atoms with Gasteiger partial charge in [-0.3, -0.25) is 4.79 Å². The topological polar surface area (TPSA) is 72.3 Å². The zero-order chi connectivity index (χ0) is 12.9. The predicted octanol–water partition coefficient (Wildman–Crippen LogP) is 1.23. The van der Waals surface area contributed by atoms with Gasteiger partial charge in [-0.15, -0.1) is 0 Å². The molecule has 2 unspecified atom stereocenters. The summed E-state index contributed by atoms with van der Waals surface area (Å²) < 4.78 is 0. The second kappa shape index (κ2) is 6.36. The van der Waals surface area contributed by atoms with Gasteiger partial charge in [-0.2, -0.15) is 0 Å². The Morgan fingerprint density at radius 1 is 1.41 bits per heavy atom. The Hall–Kier alpha value is -0.610. The minimum atomic E-state index is -0.870. The third kappa shape index (κ3) is 4.28. The molecular formula is C13H27N3O. The minimum absolute atomic E-state index is 0.402. The van der Waals surface area contributed by atoms with Gasteiger partial charge in [0.15, 0.2) is 0 Å². The van der Waals surface area contributed by atoms with Crippen LogP contribution in [0.25, 0.3) is 0 Å². The van der Waals surface area contributed by atoms with Crippen LogP contribution in [-0.2, 0) is 4.79 Å². The first-order chi connectivity index (χ1) is 7.97. The first-order valence-corrected chi connectivity index (χ1v) is 6.80. The van der Waals surface area contributed by atoms with E-state index in [2.05, 4.69) is 11.8 Å². The fraction of sp³-hybridized carbons (Fsp3) is 0.923. The van der Waals surface area contributed by atoms with Gasteiger partial charge < -0.3 is 16.4 Å². The molecule has 1 amide bonds. The van der Waals surface area contributed by atoms with Gasteiger partial charge >= 0.3 is 0 Å². The lowest BCUT2D eigenvalue weighted by Crippen LogP contribution is -2.51. The quantitative estimate of drug-likeness (QED) is 0.760. The molecule has 0 aromatic heterocycles. The average molecular weight is 241 g/mol. The molecule has 17 heavy (non-hydrogen) atoms. The van der Waals surface area contributed by atoms with Crippen LogP contribution in [0, 0.1) is 0 Å². The van der Waals surface area contributed by atoms with Gasteiger partial charge in [0.25, 0.3) is 0 Å². The molecule has 1 fully saturated rings. The highest BCUT2D eigenvalue weighted by atomic mass is 16.1. The molecule has 4 N–H and O–H groups in total. The lowest BCUT2D eigenvalue weighted by atomic mass is 9.97. The van der Waals surface area contributed by atoms with E-state index in [1.807, 2.05) is 0 Å². The number of carbonyl (C=O) groups is 1. The van der Waals surface area contributed by atoms with Crippen molar-refractivity contribution in [3.63, 3.8) is 0 Å². The summed E-state index contributed by atoms with van der Waals surface area (Å²) >= 11 is 0. The maximum Gasteiger partial charge on any atom is 0.237 e. The Balaban J connectivity index is 2.50. The fourth-order valence-corrected chi connectivity index (χ4v) is 2.49. The van der Waals surface area contributed by atoms with Gasteiger partial charge in [-0.1, -0.05) is 19.8 Å². The van der Waals surface area contributed by atoms with E-state index in [1.54, 1.807) is 6.92 Å². The first-order valence-electron chi connectivity index (χ1n) is 6.80. The van der Waals surface area contributed by atoms with E-state index in [4.69, 9.17) is 11.5 Å². The van der Waals surface area contributed by atoms with E-state index in [0.717, 1.165) is 13.1 Å². The van der Waals surface area contributed by atoms with Crippen LogP contribution in [0.2, 0.25) is 0 Å². The van der Waals surface area contributed by atoms with E-state index < -0.39 is 11.4 Å². The molecule has 0 saturated carbocycles. The normalized spacial score (nSPS) is 26.2. The van der Waals surface area contributed by atoms with Crippen LogP contribution in [0.4, 0.5) is 0 Å². The smallest absolute Gasteiger partial charge is 0.237 e. The molecule has 1 aliphatic rings. The predicted molar refractivity (Wildman–Crippen MR) is 70.5 cm³/mol.